The molecule has 1 aliphatic carbocycles. The van der Waals surface area contributed by atoms with Gasteiger partial charge >= 0.3 is 5.97 Å². The zero-order chi connectivity index (χ0) is 12.8. The Bertz CT molecular complexity index is 368. The van der Waals surface area contributed by atoms with E-state index in [1.54, 1.807) is 11.8 Å². The molecule has 1 saturated heterocycles. The predicted octanol–water partition coefficient (Wildman–Crippen LogP) is 1.75. The van der Waals surface area contributed by atoms with Crippen LogP contribution >= 0.6 is 0 Å². The Morgan fingerprint density at radius 1 is 1.41 bits per heavy atom. The fraction of sp³-hybridized carbons (Fsp3) is 0.846. The molecule has 17 heavy (non-hydrogen) atoms. The molecule has 0 aromatic heterocycles. The lowest BCUT2D eigenvalue weighted by Gasteiger charge is -2.21. The van der Waals surface area contributed by atoms with Crippen LogP contribution in [0, 0.1) is 16.7 Å². The summed E-state index contributed by atoms with van der Waals surface area (Å²) in [6.07, 6.45) is 2.56. The van der Waals surface area contributed by atoms with Crippen molar-refractivity contribution >= 4 is 11.9 Å². The monoisotopic (exact) mass is 239 g/mol. The van der Waals surface area contributed by atoms with Crippen molar-refractivity contribution in [3.8, 4) is 0 Å². The Morgan fingerprint density at radius 2 is 2.06 bits per heavy atom. The normalized spacial score (nSPS) is 40.4. The van der Waals surface area contributed by atoms with Gasteiger partial charge in [0.1, 0.15) is 0 Å². The first-order valence-corrected chi connectivity index (χ1v) is 6.34. The average molecular weight is 239 g/mol. The van der Waals surface area contributed by atoms with Gasteiger partial charge in [-0.3, -0.25) is 9.59 Å². The molecule has 0 spiro atoms. The molecule has 1 heterocycles. The van der Waals surface area contributed by atoms with E-state index in [9.17, 15) is 9.59 Å². The van der Waals surface area contributed by atoms with Crippen molar-refractivity contribution in [2.24, 2.45) is 16.7 Å². The third-order valence-electron chi connectivity index (χ3n) is 4.76. The highest BCUT2D eigenvalue weighted by atomic mass is 16.4. The van der Waals surface area contributed by atoms with E-state index < -0.39 is 11.4 Å². The lowest BCUT2D eigenvalue weighted by molar-refractivity contribution is -0.147. The van der Waals surface area contributed by atoms with Crippen LogP contribution in [0.15, 0.2) is 0 Å². The predicted molar refractivity (Wildman–Crippen MR) is 63.4 cm³/mol. The number of hydrogen-bond donors (Lipinski definition) is 1. The van der Waals surface area contributed by atoms with Gasteiger partial charge in [0, 0.05) is 19.0 Å². The van der Waals surface area contributed by atoms with Crippen molar-refractivity contribution < 1.29 is 14.7 Å². The van der Waals surface area contributed by atoms with Gasteiger partial charge in [0.05, 0.1) is 5.41 Å². The molecule has 1 aliphatic heterocycles. The van der Waals surface area contributed by atoms with Gasteiger partial charge < -0.3 is 10.0 Å². The Hall–Kier alpha value is -1.06. The summed E-state index contributed by atoms with van der Waals surface area (Å²) < 4.78 is 0. The van der Waals surface area contributed by atoms with Gasteiger partial charge in [0.15, 0.2) is 0 Å². The van der Waals surface area contributed by atoms with Crippen molar-refractivity contribution in [1.82, 2.24) is 4.90 Å². The summed E-state index contributed by atoms with van der Waals surface area (Å²) in [6, 6.07) is 0. The topological polar surface area (TPSA) is 57.6 Å². The highest BCUT2D eigenvalue weighted by Crippen LogP contribution is 2.55. The van der Waals surface area contributed by atoms with Crippen molar-refractivity contribution in [1.29, 1.82) is 0 Å². The summed E-state index contributed by atoms with van der Waals surface area (Å²) in [7, 11) is 0. The van der Waals surface area contributed by atoms with Crippen molar-refractivity contribution in [2.75, 3.05) is 13.1 Å². The van der Waals surface area contributed by atoms with Crippen molar-refractivity contribution in [3.63, 3.8) is 0 Å². The second kappa shape index (κ2) is 3.72. The van der Waals surface area contributed by atoms with E-state index in [2.05, 4.69) is 13.8 Å². The maximum absolute atomic E-state index is 12.2. The first-order chi connectivity index (χ1) is 7.82. The summed E-state index contributed by atoms with van der Waals surface area (Å²) in [4.78, 5) is 25.1. The third-order valence-corrected chi connectivity index (χ3v) is 4.76. The molecule has 2 aliphatic rings. The number of carbonyl (C=O) groups excluding carboxylic acids is 1. The fourth-order valence-corrected chi connectivity index (χ4v) is 2.73. The number of rotatable bonds is 3. The minimum atomic E-state index is -0.790. The number of likely N-dealkylation sites (tertiary alicyclic amines) is 1. The van der Waals surface area contributed by atoms with Crippen LogP contribution in [0.2, 0.25) is 0 Å². The van der Waals surface area contributed by atoms with E-state index in [1.807, 2.05) is 0 Å². The van der Waals surface area contributed by atoms with Crippen LogP contribution in [0.25, 0.3) is 0 Å². The molecule has 4 nitrogen and oxygen atoms in total. The first-order valence-electron chi connectivity index (χ1n) is 6.34. The fourth-order valence-electron chi connectivity index (χ4n) is 2.73. The molecular formula is C13H21NO3. The molecule has 0 radical (unpaired) electrons. The molecule has 2 rings (SSSR count). The Morgan fingerprint density at radius 3 is 2.47 bits per heavy atom. The van der Waals surface area contributed by atoms with Crippen LogP contribution in [0.1, 0.15) is 40.0 Å². The van der Waals surface area contributed by atoms with E-state index in [1.165, 1.54) is 0 Å². The smallest absolute Gasteiger partial charge is 0.311 e. The van der Waals surface area contributed by atoms with Gasteiger partial charge in [-0.05, 0) is 31.6 Å². The molecule has 3 unspecified atom stereocenters. The van der Waals surface area contributed by atoms with Gasteiger partial charge in [0.2, 0.25) is 5.91 Å². The van der Waals surface area contributed by atoms with E-state index in [0.717, 1.165) is 12.8 Å². The largest absolute Gasteiger partial charge is 0.481 e. The Kier molecular flexibility index (Phi) is 2.71. The summed E-state index contributed by atoms with van der Waals surface area (Å²) in [5.41, 5.74) is -0.577. The number of amides is 1. The van der Waals surface area contributed by atoms with Crippen LogP contribution in [0.4, 0.5) is 0 Å². The third kappa shape index (κ3) is 1.94. The number of aliphatic carboxylic acids is 1. The van der Waals surface area contributed by atoms with Crippen LogP contribution < -0.4 is 0 Å². The number of hydrogen-bond acceptors (Lipinski definition) is 2. The van der Waals surface area contributed by atoms with Gasteiger partial charge in [-0.25, -0.2) is 0 Å². The molecule has 96 valence electrons. The van der Waals surface area contributed by atoms with Crippen LogP contribution in [0.3, 0.4) is 0 Å². The molecule has 1 amide bonds. The molecule has 0 bridgehead atoms. The molecule has 2 fully saturated rings. The van der Waals surface area contributed by atoms with Crippen molar-refractivity contribution in [3.05, 3.63) is 0 Å². The van der Waals surface area contributed by atoms with Gasteiger partial charge in [-0.2, -0.15) is 0 Å². The quantitative estimate of drug-likeness (QED) is 0.816. The van der Waals surface area contributed by atoms with Crippen molar-refractivity contribution in [2.45, 2.75) is 40.0 Å². The summed E-state index contributed by atoms with van der Waals surface area (Å²) in [5.74, 6) is -0.496. The highest BCUT2D eigenvalue weighted by molar-refractivity contribution is 5.84. The van der Waals surface area contributed by atoms with Gasteiger partial charge in [0.25, 0.3) is 0 Å². The van der Waals surface area contributed by atoms with Gasteiger partial charge in [-0.15, -0.1) is 0 Å². The van der Waals surface area contributed by atoms with E-state index in [0.29, 0.717) is 19.5 Å². The van der Waals surface area contributed by atoms with E-state index in [4.69, 9.17) is 5.11 Å². The minimum Gasteiger partial charge on any atom is -0.481 e. The second-order valence-corrected chi connectivity index (χ2v) is 6.14. The Balaban J connectivity index is 1.99. The number of nitrogens with zero attached hydrogens (tertiary/aromatic N) is 1. The minimum absolute atomic E-state index is 0.128. The standard InChI is InChI=1S/C13H21NO3/c1-4-12(2)7-9(12)10(15)14-6-5-13(3,8-14)11(16)17/h9H,4-8H2,1-3H3,(H,16,17). The maximum Gasteiger partial charge on any atom is 0.311 e. The summed E-state index contributed by atoms with van der Waals surface area (Å²) >= 11 is 0. The average Bonchev–Trinajstić information content (AvgIpc) is 2.79. The number of carbonyl (C=O) groups is 2. The Labute approximate surface area is 102 Å². The van der Waals surface area contributed by atoms with Crippen LogP contribution in [-0.2, 0) is 9.59 Å². The molecular weight excluding hydrogens is 218 g/mol. The van der Waals surface area contributed by atoms with Crippen LogP contribution in [0.5, 0.6) is 0 Å². The molecule has 1 N–H and O–H groups in total. The molecule has 3 atom stereocenters. The summed E-state index contributed by atoms with van der Waals surface area (Å²) in [6.45, 7) is 6.95. The molecule has 1 saturated carbocycles. The number of carboxylic acids is 1. The number of carboxylic acid groups (broad SMARTS) is 1. The molecule has 0 aromatic rings. The lowest BCUT2D eigenvalue weighted by atomic mass is 9.90. The highest BCUT2D eigenvalue weighted by Gasteiger charge is 2.55. The second-order valence-electron chi connectivity index (χ2n) is 6.14. The molecule has 4 heteroatoms. The van der Waals surface area contributed by atoms with E-state index in [-0.39, 0.29) is 17.2 Å². The molecule has 0 aromatic carbocycles. The lowest BCUT2D eigenvalue weighted by Crippen LogP contribution is -2.36. The zero-order valence-electron chi connectivity index (χ0n) is 10.8. The van der Waals surface area contributed by atoms with Gasteiger partial charge in [-0.1, -0.05) is 13.8 Å². The maximum atomic E-state index is 12.2. The van der Waals surface area contributed by atoms with E-state index >= 15 is 0 Å². The van der Waals surface area contributed by atoms with Crippen LogP contribution in [-0.4, -0.2) is 35.0 Å². The summed E-state index contributed by atoms with van der Waals surface area (Å²) in [5, 5.41) is 9.14. The first kappa shape index (κ1) is 12.4. The zero-order valence-corrected chi connectivity index (χ0v) is 10.8. The SMILES string of the molecule is CCC1(C)CC1C(=O)N1CCC(C)(C(=O)O)C1.